The lowest BCUT2D eigenvalue weighted by molar-refractivity contribution is -0.118. The summed E-state index contributed by atoms with van der Waals surface area (Å²) in [6.45, 7) is 4.41. The fourth-order valence-corrected chi connectivity index (χ4v) is 3.90. The van der Waals surface area contributed by atoms with Gasteiger partial charge in [0, 0.05) is 10.9 Å². The van der Waals surface area contributed by atoms with Crippen LogP contribution >= 0.6 is 0 Å². The van der Waals surface area contributed by atoms with Crippen molar-refractivity contribution in [3.05, 3.63) is 119 Å². The summed E-state index contributed by atoms with van der Waals surface area (Å²) in [6, 6.07) is 29.9. The third-order valence-electron chi connectivity index (χ3n) is 5.69. The third kappa shape index (κ3) is 5.76. The first-order valence-electron chi connectivity index (χ1n) is 11.6. The smallest absolute Gasteiger partial charge is 0.268 e. The molecule has 4 rings (SSSR count). The van der Waals surface area contributed by atoms with Gasteiger partial charge in [0.25, 0.3) is 11.8 Å². The Labute approximate surface area is 205 Å². The second kappa shape index (κ2) is 11.2. The third-order valence-corrected chi connectivity index (χ3v) is 5.69. The molecule has 0 unspecified atom stereocenters. The first-order valence-corrected chi connectivity index (χ1v) is 11.6. The van der Waals surface area contributed by atoms with Crippen LogP contribution in [0.5, 0.6) is 5.75 Å². The maximum atomic E-state index is 13.4. The van der Waals surface area contributed by atoms with E-state index >= 15 is 0 Å². The van der Waals surface area contributed by atoms with E-state index in [4.69, 9.17) is 4.74 Å². The minimum atomic E-state index is -0.372. The average molecular weight is 465 g/mol. The van der Waals surface area contributed by atoms with E-state index in [-0.39, 0.29) is 23.6 Å². The van der Waals surface area contributed by atoms with Crippen LogP contribution < -0.4 is 15.4 Å². The molecule has 1 atom stereocenters. The minimum absolute atomic E-state index is 0.163. The van der Waals surface area contributed by atoms with E-state index in [0.717, 1.165) is 27.6 Å². The summed E-state index contributed by atoms with van der Waals surface area (Å²) in [5, 5.41) is 7.69. The largest absolute Gasteiger partial charge is 0.493 e. The van der Waals surface area contributed by atoms with Gasteiger partial charge in [-0.2, -0.15) is 0 Å². The molecule has 0 fully saturated rings. The highest BCUT2D eigenvalue weighted by Gasteiger charge is 2.18. The monoisotopic (exact) mass is 464 g/mol. The molecule has 0 saturated carbocycles. The molecular formula is C30H28N2O3. The predicted molar refractivity (Wildman–Crippen MR) is 140 cm³/mol. The summed E-state index contributed by atoms with van der Waals surface area (Å²) in [7, 11) is 0. The molecule has 0 saturated heterocycles. The van der Waals surface area contributed by atoms with Crippen LogP contribution in [0, 0.1) is 0 Å². The van der Waals surface area contributed by atoms with E-state index in [9.17, 15) is 9.59 Å². The van der Waals surface area contributed by atoms with Gasteiger partial charge >= 0.3 is 0 Å². The molecule has 4 aromatic carbocycles. The van der Waals surface area contributed by atoms with E-state index in [2.05, 4.69) is 10.6 Å². The van der Waals surface area contributed by atoms with E-state index < -0.39 is 0 Å². The maximum Gasteiger partial charge on any atom is 0.268 e. The van der Waals surface area contributed by atoms with Crippen LogP contribution in [0.4, 0.5) is 0 Å². The molecule has 176 valence electrons. The van der Waals surface area contributed by atoms with Crippen molar-refractivity contribution in [1.82, 2.24) is 10.6 Å². The Bertz CT molecular complexity index is 1350. The second-order valence-electron chi connectivity index (χ2n) is 8.12. The highest BCUT2D eigenvalue weighted by atomic mass is 16.5. The number of benzene rings is 4. The van der Waals surface area contributed by atoms with Gasteiger partial charge in [0.2, 0.25) is 0 Å². The zero-order valence-corrected chi connectivity index (χ0v) is 19.8. The van der Waals surface area contributed by atoms with Crippen molar-refractivity contribution in [3.63, 3.8) is 0 Å². The van der Waals surface area contributed by atoms with Crippen molar-refractivity contribution in [1.29, 1.82) is 0 Å². The number of hydrogen-bond acceptors (Lipinski definition) is 3. The van der Waals surface area contributed by atoms with E-state index in [1.165, 1.54) is 0 Å². The number of nitrogens with one attached hydrogen (secondary N) is 2. The van der Waals surface area contributed by atoms with Crippen LogP contribution in [-0.4, -0.2) is 18.4 Å². The van der Waals surface area contributed by atoms with Crippen molar-refractivity contribution in [2.24, 2.45) is 0 Å². The fourth-order valence-electron chi connectivity index (χ4n) is 3.90. The minimum Gasteiger partial charge on any atom is -0.493 e. The van der Waals surface area contributed by atoms with Gasteiger partial charge in [-0.3, -0.25) is 9.59 Å². The molecule has 0 aliphatic carbocycles. The van der Waals surface area contributed by atoms with Gasteiger partial charge in [-0.05, 0) is 54.6 Å². The lowest BCUT2D eigenvalue weighted by atomic mass is 10.0. The van der Waals surface area contributed by atoms with Crippen LogP contribution in [-0.2, 0) is 4.79 Å². The first kappa shape index (κ1) is 23.8. The average Bonchev–Trinajstić information content (AvgIpc) is 2.90. The van der Waals surface area contributed by atoms with Gasteiger partial charge in [0.1, 0.15) is 11.4 Å². The first-order chi connectivity index (χ1) is 17.1. The Kier molecular flexibility index (Phi) is 7.58. The van der Waals surface area contributed by atoms with Crippen molar-refractivity contribution in [3.8, 4) is 5.75 Å². The van der Waals surface area contributed by atoms with E-state index in [1.54, 1.807) is 30.3 Å². The Morgan fingerprint density at radius 1 is 0.829 bits per heavy atom. The second-order valence-corrected chi connectivity index (χ2v) is 8.12. The van der Waals surface area contributed by atoms with E-state index in [0.29, 0.717) is 12.2 Å². The van der Waals surface area contributed by atoms with Crippen LogP contribution in [0.3, 0.4) is 0 Å². The quantitative estimate of drug-likeness (QED) is 0.320. The Balaban J connectivity index is 1.72. The molecular weight excluding hydrogens is 436 g/mol. The van der Waals surface area contributed by atoms with Crippen LogP contribution in [0.15, 0.2) is 103 Å². The van der Waals surface area contributed by atoms with Gasteiger partial charge in [0.05, 0.1) is 12.6 Å². The molecule has 4 aromatic rings. The summed E-state index contributed by atoms with van der Waals surface area (Å²) in [5.74, 6) is 0.0514. The molecule has 35 heavy (non-hydrogen) atoms. The normalized spacial score (nSPS) is 12.1. The molecule has 0 heterocycles. The van der Waals surface area contributed by atoms with Gasteiger partial charge in [0.15, 0.2) is 0 Å². The van der Waals surface area contributed by atoms with Crippen molar-refractivity contribution in [2.75, 3.05) is 6.61 Å². The van der Waals surface area contributed by atoms with Gasteiger partial charge in [-0.15, -0.1) is 0 Å². The predicted octanol–water partition coefficient (Wildman–Crippen LogP) is 5.89. The molecule has 5 heteroatoms. The van der Waals surface area contributed by atoms with Crippen LogP contribution in [0.2, 0.25) is 0 Å². The number of hydrogen-bond donors (Lipinski definition) is 2. The fraction of sp³-hybridized carbons (Fsp3) is 0.133. The summed E-state index contributed by atoms with van der Waals surface area (Å²) < 4.78 is 5.78. The summed E-state index contributed by atoms with van der Waals surface area (Å²) in [4.78, 5) is 26.3. The van der Waals surface area contributed by atoms with Gasteiger partial charge in [-0.1, -0.05) is 78.9 Å². The number of carbonyl (C=O) groups is 2. The summed E-state index contributed by atoms with van der Waals surface area (Å²) >= 11 is 0. The topological polar surface area (TPSA) is 67.4 Å². The zero-order valence-electron chi connectivity index (χ0n) is 19.8. The van der Waals surface area contributed by atoms with E-state index in [1.807, 2.05) is 86.6 Å². The molecule has 0 bridgehead atoms. The van der Waals surface area contributed by atoms with Crippen molar-refractivity contribution < 1.29 is 14.3 Å². The van der Waals surface area contributed by atoms with Gasteiger partial charge < -0.3 is 15.4 Å². The highest BCUT2D eigenvalue weighted by Crippen LogP contribution is 2.30. The molecule has 0 spiro atoms. The Morgan fingerprint density at radius 3 is 2.14 bits per heavy atom. The molecule has 2 amide bonds. The number of carbonyl (C=O) groups excluding carboxylic acids is 2. The number of rotatable bonds is 8. The van der Waals surface area contributed by atoms with Gasteiger partial charge in [-0.25, -0.2) is 0 Å². The number of ether oxygens (including phenoxy) is 1. The molecule has 0 aliphatic rings. The van der Waals surface area contributed by atoms with Crippen LogP contribution in [0.25, 0.3) is 16.8 Å². The molecule has 0 radical (unpaired) electrons. The van der Waals surface area contributed by atoms with Crippen molar-refractivity contribution in [2.45, 2.75) is 19.9 Å². The van der Waals surface area contributed by atoms with Crippen molar-refractivity contribution >= 4 is 28.7 Å². The van der Waals surface area contributed by atoms with Crippen LogP contribution in [0.1, 0.15) is 41.4 Å². The molecule has 5 nitrogen and oxygen atoms in total. The Hall–Kier alpha value is -4.38. The number of fused-ring (bicyclic) bond motifs is 1. The maximum absolute atomic E-state index is 13.4. The summed E-state index contributed by atoms with van der Waals surface area (Å²) in [5.41, 5.74) is 2.41. The summed E-state index contributed by atoms with van der Waals surface area (Å²) in [6.07, 6.45) is 1.71. The molecule has 0 aliphatic heterocycles. The molecule has 2 N–H and O–H groups in total. The lowest BCUT2D eigenvalue weighted by Crippen LogP contribution is -2.36. The highest BCUT2D eigenvalue weighted by molar-refractivity contribution is 6.07. The SMILES string of the molecule is CCOc1ccc(/C=C(\NC(=O)c2ccccc2)C(=O)N[C@@H](C)c2ccccc2)c2ccccc12. The Morgan fingerprint density at radius 2 is 1.46 bits per heavy atom. The molecule has 0 aromatic heterocycles. The standard InChI is InChI=1S/C30H28N2O3/c1-3-35-28-19-18-24(25-16-10-11-17-26(25)28)20-27(32-29(33)23-14-8-5-9-15-23)30(34)31-21(2)22-12-6-4-7-13-22/h4-21H,3H2,1-2H3,(H,31,34)(H,32,33)/b27-20-/t21-/m0/s1. The lowest BCUT2D eigenvalue weighted by Gasteiger charge is -2.17. The number of amides is 2. The zero-order chi connectivity index (χ0) is 24.6.